The number of fused-ring (bicyclic) bond motifs is 1. The van der Waals surface area contributed by atoms with Gasteiger partial charge in [0, 0.05) is 42.1 Å². The SMILES string of the molecule is Cc1nc2ccc(C(=O)Nc3ccc(N4CCC(N5CCCC5C)C4)cc3C)cc2[nH]1. The summed E-state index contributed by atoms with van der Waals surface area (Å²) in [5, 5.41) is 3.08. The minimum absolute atomic E-state index is 0.103. The Hall–Kier alpha value is -2.86. The van der Waals surface area contributed by atoms with E-state index in [9.17, 15) is 4.79 Å². The van der Waals surface area contributed by atoms with Crippen LogP contribution in [-0.2, 0) is 0 Å². The fraction of sp³-hybridized carbons (Fsp3) is 0.440. The van der Waals surface area contributed by atoms with Gasteiger partial charge in [0.05, 0.1) is 11.0 Å². The second-order valence-corrected chi connectivity index (χ2v) is 9.13. The Morgan fingerprint density at radius 3 is 2.77 bits per heavy atom. The highest BCUT2D eigenvalue weighted by Crippen LogP contribution is 2.30. The van der Waals surface area contributed by atoms with Gasteiger partial charge < -0.3 is 15.2 Å². The summed E-state index contributed by atoms with van der Waals surface area (Å²) in [7, 11) is 0. The van der Waals surface area contributed by atoms with Crippen molar-refractivity contribution in [2.24, 2.45) is 0 Å². The number of aryl methyl sites for hydroxylation is 2. The van der Waals surface area contributed by atoms with Gasteiger partial charge >= 0.3 is 0 Å². The average Bonchev–Trinajstić information content (AvgIpc) is 3.47. The number of nitrogens with zero attached hydrogens (tertiary/aromatic N) is 3. The van der Waals surface area contributed by atoms with Gasteiger partial charge in [0.15, 0.2) is 0 Å². The van der Waals surface area contributed by atoms with Crippen molar-refractivity contribution in [1.29, 1.82) is 0 Å². The molecule has 5 rings (SSSR count). The minimum atomic E-state index is -0.103. The second-order valence-electron chi connectivity index (χ2n) is 9.13. The van der Waals surface area contributed by atoms with Gasteiger partial charge in [-0.15, -0.1) is 0 Å². The molecule has 3 heterocycles. The summed E-state index contributed by atoms with van der Waals surface area (Å²) < 4.78 is 0. The zero-order valence-corrected chi connectivity index (χ0v) is 18.6. The molecule has 6 heteroatoms. The van der Waals surface area contributed by atoms with Crippen molar-refractivity contribution in [1.82, 2.24) is 14.9 Å². The Morgan fingerprint density at radius 2 is 2.00 bits per heavy atom. The van der Waals surface area contributed by atoms with E-state index in [1.807, 2.05) is 31.2 Å². The molecule has 2 fully saturated rings. The molecule has 2 aliphatic heterocycles. The number of hydrogen-bond acceptors (Lipinski definition) is 4. The van der Waals surface area contributed by atoms with E-state index in [1.165, 1.54) is 31.5 Å². The number of benzene rings is 2. The number of carbonyl (C=O) groups excluding carboxylic acids is 1. The molecule has 0 bridgehead atoms. The number of aromatic amines is 1. The zero-order chi connectivity index (χ0) is 21.5. The summed E-state index contributed by atoms with van der Waals surface area (Å²) in [6.45, 7) is 9.79. The van der Waals surface area contributed by atoms with Crippen LogP contribution >= 0.6 is 0 Å². The molecule has 162 valence electrons. The highest BCUT2D eigenvalue weighted by molar-refractivity contribution is 6.06. The molecule has 0 spiro atoms. The van der Waals surface area contributed by atoms with Crippen LogP contribution < -0.4 is 10.2 Å². The molecule has 1 amide bonds. The Morgan fingerprint density at radius 1 is 1.13 bits per heavy atom. The third kappa shape index (κ3) is 3.92. The van der Waals surface area contributed by atoms with Gasteiger partial charge in [0.1, 0.15) is 5.82 Å². The summed E-state index contributed by atoms with van der Waals surface area (Å²) in [6.07, 6.45) is 3.90. The van der Waals surface area contributed by atoms with Crippen LogP contribution in [0.2, 0.25) is 0 Å². The minimum Gasteiger partial charge on any atom is -0.370 e. The molecule has 0 aliphatic carbocycles. The van der Waals surface area contributed by atoms with Gasteiger partial charge in [0.2, 0.25) is 0 Å². The summed E-state index contributed by atoms with van der Waals surface area (Å²) in [5.74, 6) is 0.747. The van der Waals surface area contributed by atoms with Gasteiger partial charge in [-0.2, -0.15) is 0 Å². The molecule has 31 heavy (non-hydrogen) atoms. The number of imidazole rings is 1. The van der Waals surface area contributed by atoms with E-state index >= 15 is 0 Å². The molecule has 2 atom stereocenters. The van der Waals surface area contributed by atoms with Crippen LogP contribution in [0.15, 0.2) is 36.4 Å². The second kappa shape index (κ2) is 8.00. The van der Waals surface area contributed by atoms with Crippen LogP contribution in [0.5, 0.6) is 0 Å². The largest absolute Gasteiger partial charge is 0.370 e. The molecule has 0 saturated carbocycles. The van der Waals surface area contributed by atoms with Crippen LogP contribution in [-0.4, -0.2) is 52.5 Å². The number of aromatic nitrogens is 2. The molecule has 2 saturated heterocycles. The summed E-state index contributed by atoms with van der Waals surface area (Å²) >= 11 is 0. The smallest absolute Gasteiger partial charge is 0.255 e. The molecule has 2 aromatic carbocycles. The van der Waals surface area contributed by atoms with Gasteiger partial charge in [0.25, 0.3) is 5.91 Å². The first-order valence-electron chi connectivity index (χ1n) is 11.4. The van der Waals surface area contributed by atoms with Crippen molar-refractivity contribution in [3.05, 3.63) is 53.3 Å². The number of H-pyrrole nitrogens is 1. The molecular formula is C25H31N5O. The predicted molar refractivity (Wildman–Crippen MR) is 126 cm³/mol. The summed E-state index contributed by atoms with van der Waals surface area (Å²) in [6, 6.07) is 13.3. The highest BCUT2D eigenvalue weighted by Gasteiger charge is 2.33. The fourth-order valence-corrected chi connectivity index (χ4v) is 5.20. The van der Waals surface area contributed by atoms with E-state index in [2.05, 4.69) is 51.1 Å². The third-order valence-electron chi connectivity index (χ3n) is 6.92. The van der Waals surface area contributed by atoms with E-state index in [4.69, 9.17) is 0 Å². The zero-order valence-electron chi connectivity index (χ0n) is 18.6. The predicted octanol–water partition coefficient (Wildman–Crippen LogP) is 4.50. The molecular weight excluding hydrogens is 386 g/mol. The number of anilines is 2. The molecule has 2 N–H and O–H groups in total. The van der Waals surface area contributed by atoms with Crippen LogP contribution in [0.25, 0.3) is 11.0 Å². The van der Waals surface area contributed by atoms with Crippen molar-refractivity contribution < 1.29 is 4.79 Å². The van der Waals surface area contributed by atoms with Crippen molar-refractivity contribution in [2.75, 3.05) is 29.9 Å². The number of hydrogen-bond donors (Lipinski definition) is 2. The van der Waals surface area contributed by atoms with Crippen LogP contribution in [0, 0.1) is 13.8 Å². The normalized spacial score (nSPS) is 21.8. The van der Waals surface area contributed by atoms with E-state index in [0.717, 1.165) is 41.2 Å². The Balaban J connectivity index is 1.27. The quantitative estimate of drug-likeness (QED) is 0.656. The maximum Gasteiger partial charge on any atom is 0.255 e. The Bertz CT molecular complexity index is 1120. The van der Waals surface area contributed by atoms with Gasteiger partial charge in [-0.05, 0) is 88.5 Å². The molecule has 6 nitrogen and oxygen atoms in total. The first kappa shape index (κ1) is 20.1. The molecule has 3 aromatic rings. The van der Waals surface area contributed by atoms with Crippen LogP contribution in [0.4, 0.5) is 11.4 Å². The monoisotopic (exact) mass is 417 g/mol. The van der Waals surface area contributed by atoms with Crippen LogP contribution in [0.1, 0.15) is 47.9 Å². The summed E-state index contributed by atoms with van der Waals surface area (Å²) in [5.41, 5.74) is 5.58. The van der Waals surface area contributed by atoms with Crippen LogP contribution in [0.3, 0.4) is 0 Å². The standard InChI is InChI=1S/C25H31N5O/c1-16-13-20(29-12-10-21(15-29)30-11-4-5-17(30)2)7-9-22(16)28-25(31)19-6-8-23-24(14-19)27-18(3)26-23/h6-9,13-14,17,21H,4-5,10-12,15H2,1-3H3,(H,26,27)(H,28,31). The topological polar surface area (TPSA) is 64.3 Å². The van der Waals surface area contributed by atoms with Crippen molar-refractivity contribution in [3.63, 3.8) is 0 Å². The lowest BCUT2D eigenvalue weighted by Gasteiger charge is -2.28. The number of carbonyl (C=O) groups is 1. The van der Waals surface area contributed by atoms with Crippen molar-refractivity contribution in [2.45, 2.75) is 52.1 Å². The summed E-state index contributed by atoms with van der Waals surface area (Å²) in [4.78, 5) is 25.6. The highest BCUT2D eigenvalue weighted by atomic mass is 16.1. The lowest BCUT2D eigenvalue weighted by atomic mass is 10.1. The third-order valence-corrected chi connectivity index (χ3v) is 6.92. The first-order valence-corrected chi connectivity index (χ1v) is 11.4. The number of amides is 1. The first-order chi connectivity index (χ1) is 15.0. The van der Waals surface area contributed by atoms with Gasteiger partial charge in [-0.1, -0.05) is 0 Å². The molecule has 2 unspecified atom stereocenters. The van der Waals surface area contributed by atoms with Gasteiger partial charge in [-0.3, -0.25) is 9.69 Å². The maximum atomic E-state index is 12.8. The maximum absolute atomic E-state index is 12.8. The van der Waals surface area contributed by atoms with Crippen molar-refractivity contribution >= 4 is 28.3 Å². The average molecular weight is 418 g/mol. The van der Waals surface area contributed by atoms with E-state index in [-0.39, 0.29) is 5.91 Å². The molecule has 1 aromatic heterocycles. The van der Waals surface area contributed by atoms with E-state index in [1.54, 1.807) is 0 Å². The Labute approximate surface area is 183 Å². The van der Waals surface area contributed by atoms with E-state index < -0.39 is 0 Å². The van der Waals surface area contributed by atoms with E-state index in [0.29, 0.717) is 17.6 Å². The number of nitrogens with one attached hydrogen (secondary N) is 2. The van der Waals surface area contributed by atoms with Gasteiger partial charge in [-0.25, -0.2) is 4.98 Å². The number of rotatable bonds is 4. The lowest BCUT2D eigenvalue weighted by Crippen LogP contribution is -2.39. The Kier molecular flexibility index (Phi) is 5.18. The molecule has 2 aliphatic rings. The fourth-order valence-electron chi connectivity index (χ4n) is 5.20. The van der Waals surface area contributed by atoms with Crippen molar-refractivity contribution in [3.8, 4) is 0 Å². The lowest BCUT2D eigenvalue weighted by molar-refractivity contribution is 0.102. The number of likely N-dealkylation sites (tertiary alicyclic amines) is 1. The molecule has 0 radical (unpaired) electrons.